The molecule has 0 aromatic carbocycles. The van der Waals surface area contributed by atoms with E-state index in [0.717, 1.165) is 44.2 Å². The zero-order chi connectivity index (χ0) is 16.7. The second-order valence-electron chi connectivity index (χ2n) is 5.82. The van der Waals surface area contributed by atoms with Gasteiger partial charge in [-0.1, -0.05) is 5.16 Å². The van der Waals surface area contributed by atoms with E-state index < -0.39 is 0 Å². The van der Waals surface area contributed by atoms with Crippen molar-refractivity contribution in [2.45, 2.75) is 20.4 Å². The third-order valence-corrected chi connectivity index (χ3v) is 3.71. The molecule has 8 nitrogen and oxygen atoms in total. The fourth-order valence-corrected chi connectivity index (χ4v) is 2.52. The van der Waals surface area contributed by atoms with E-state index in [0.29, 0.717) is 19.6 Å². The first-order chi connectivity index (χ1) is 11.0. The molecule has 0 atom stereocenters. The van der Waals surface area contributed by atoms with E-state index in [1.165, 1.54) is 6.92 Å². The Morgan fingerprint density at radius 2 is 1.83 bits per heavy atom. The van der Waals surface area contributed by atoms with Gasteiger partial charge in [0.25, 0.3) is 0 Å². The smallest absolute Gasteiger partial charge is 0.234 e. The van der Waals surface area contributed by atoms with Crippen LogP contribution in [0.15, 0.2) is 10.6 Å². The van der Waals surface area contributed by atoms with Gasteiger partial charge in [-0.3, -0.25) is 19.4 Å². The number of rotatable bonds is 7. The van der Waals surface area contributed by atoms with E-state index in [4.69, 9.17) is 4.52 Å². The Balaban J connectivity index is 1.60. The second-order valence-corrected chi connectivity index (χ2v) is 5.82. The number of hydrogen-bond acceptors (Lipinski definition) is 6. The van der Waals surface area contributed by atoms with Crippen LogP contribution in [0.4, 0.5) is 0 Å². The Kier molecular flexibility index (Phi) is 6.54. The van der Waals surface area contributed by atoms with Crippen molar-refractivity contribution in [1.82, 2.24) is 25.6 Å². The van der Waals surface area contributed by atoms with Gasteiger partial charge in [0.05, 0.1) is 18.8 Å². The number of hydrogen-bond donors (Lipinski definition) is 2. The minimum Gasteiger partial charge on any atom is -0.360 e. The summed E-state index contributed by atoms with van der Waals surface area (Å²) >= 11 is 0. The highest BCUT2D eigenvalue weighted by atomic mass is 16.5. The molecule has 2 amide bonds. The number of piperazine rings is 1. The third-order valence-electron chi connectivity index (χ3n) is 3.71. The minimum atomic E-state index is -0.0858. The predicted octanol–water partition coefficient (Wildman–Crippen LogP) is -0.647. The van der Waals surface area contributed by atoms with Gasteiger partial charge in [-0.25, -0.2) is 0 Å². The lowest BCUT2D eigenvalue weighted by Crippen LogP contribution is -2.49. The lowest BCUT2D eigenvalue weighted by molar-refractivity contribution is -0.123. The fraction of sp³-hybridized carbons (Fsp3) is 0.667. The van der Waals surface area contributed by atoms with Gasteiger partial charge in [-0.05, 0) is 6.92 Å². The molecule has 1 aromatic heterocycles. The monoisotopic (exact) mass is 323 g/mol. The number of amides is 2. The van der Waals surface area contributed by atoms with Crippen molar-refractivity contribution >= 4 is 11.8 Å². The molecule has 0 unspecified atom stereocenters. The number of aryl methyl sites for hydroxylation is 1. The van der Waals surface area contributed by atoms with Crippen LogP contribution in [0, 0.1) is 6.92 Å². The molecular weight excluding hydrogens is 298 g/mol. The molecule has 0 radical (unpaired) electrons. The van der Waals surface area contributed by atoms with Crippen LogP contribution in [0.1, 0.15) is 18.4 Å². The van der Waals surface area contributed by atoms with Crippen molar-refractivity contribution in [2.75, 3.05) is 45.8 Å². The largest absolute Gasteiger partial charge is 0.360 e. The lowest BCUT2D eigenvalue weighted by Gasteiger charge is -2.33. The highest BCUT2D eigenvalue weighted by Gasteiger charge is 2.19. The van der Waals surface area contributed by atoms with Crippen LogP contribution in [0.2, 0.25) is 0 Å². The van der Waals surface area contributed by atoms with E-state index in [1.807, 2.05) is 13.0 Å². The van der Waals surface area contributed by atoms with Crippen LogP contribution in [0.5, 0.6) is 0 Å². The molecule has 0 saturated carbocycles. The van der Waals surface area contributed by atoms with Gasteiger partial charge in [-0.15, -0.1) is 0 Å². The van der Waals surface area contributed by atoms with Gasteiger partial charge in [0.1, 0.15) is 0 Å². The molecule has 8 heteroatoms. The van der Waals surface area contributed by atoms with Crippen molar-refractivity contribution in [1.29, 1.82) is 0 Å². The predicted molar refractivity (Wildman–Crippen MR) is 84.7 cm³/mol. The average Bonchev–Trinajstić information content (AvgIpc) is 2.91. The summed E-state index contributed by atoms with van der Waals surface area (Å²) in [4.78, 5) is 27.0. The summed E-state index contributed by atoms with van der Waals surface area (Å²) in [6.07, 6.45) is 0. The van der Waals surface area contributed by atoms with Crippen LogP contribution in [0.25, 0.3) is 0 Å². The summed E-state index contributed by atoms with van der Waals surface area (Å²) in [5, 5.41) is 9.35. The van der Waals surface area contributed by atoms with Gasteiger partial charge in [0, 0.05) is 52.3 Å². The fourth-order valence-electron chi connectivity index (χ4n) is 2.52. The third kappa shape index (κ3) is 6.37. The maximum atomic E-state index is 11.8. The van der Waals surface area contributed by atoms with Crippen molar-refractivity contribution in [3.63, 3.8) is 0 Å². The number of carbonyl (C=O) groups excluding carboxylic acids is 2. The molecule has 0 bridgehead atoms. The number of carbonyl (C=O) groups is 2. The molecule has 2 rings (SSSR count). The van der Waals surface area contributed by atoms with Gasteiger partial charge < -0.3 is 15.2 Å². The molecule has 1 aliphatic rings. The van der Waals surface area contributed by atoms with Crippen molar-refractivity contribution in [2.24, 2.45) is 0 Å². The molecule has 23 heavy (non-hydrogen) atoms. The maximum Gasteiger partial charge on any atom is 0.234 e. The van der Waals surface area contributed by atoms with Crippen LogP contribution in [0.3, 0.4) is 0 Å². The Hall–Kier alpha value is -1.93. The quantitative estimate of drug-likeness (QED) is 0.648. The molecule has 128 valence electrons. The highest BCUT2D eigenvalue weighted by Crippen LogP contribution is 2.09. The summed E-state index contributed by atoms with van der Waals surface area (Å²) in [5.74, 6) is 0.790. The van der Waals surface area contributed by atoms with Gasteiger partial charge in [-0.2, -0.15) is 0 Å². The molecule has 1 aliphatic heterocycles. The topological polar surface area (TPSA) is 90.7 Å². The first-order valence-electron chi connectivity index (χ1n) is 7.91. The van der Waals surface area contributed by atoms with E-state index in [9.17, 15) is 9.59 Å². The minimum absolute atomic E-state index is 0.00494. The number of aromatic nitrogens is 1. The lowest BCUT2D eigenvalue weighted by atomic mass is 10.3. The van der Waals surface area contributed by atoms with Crippen LogP contribution >= 0.6 is 0 Å². The molecule has 0 spiro atoms. The summed E-state index contributed by atoms with van der Waals surface area (Å²) in [6.45, 7) is 8.97. The Labute approximate surface area is 136 Å². The van der Waals surface area contributed by atoms with Crippen LogP contribution < -0.4 is 10.6 Å². The first-order valence-corrected chi connectivity index (χ1v) is 7.91. The maximum absolute atomic E-state index is 11.8. The molecule has 1 saturated heterocycles. The molecule has 0 aliphatic carbocycles. The summed E-state index contributed by atoms with van der Waals surface area (Å²) in [5.41, 5.74) is 0.898. The van der Waals surface area contributed by atoms with Crippen molar-refractivity contribution < 1.29 is 14.1 Å². The van der Waals surface area contributed by atoms with E-state index in [2.05, 4.69) is 25.6 Å². The normalized spacial score (nSPS) is 16.3. The highest BCUT2D eigenvalue weighted by molar-refractivity contribution is 5.78. The summed E-state index contributed by atoms with van der Waals surface area (Å²) < 4.78 is 5.23. The first kappa shape index (κ1) is 17.4. The zero-order valence-electron chi connectivity index (χ0n) is 13.8. The van der Waals surface area contributed by atoms with Gasteiger partial charge >= 0.3 is 0 Å². The summed E-state index contributed by atoms with van der Waals surface area (Å²) in [6, 6.07) is 1.95. The van der Waals surface area contributed by atoms with E-state index in [-0.39, 0.29) is 11.8 Å². The molecule has 2 heterocycles. The Morgan fingerprint density at radius 3 is 2.43 bits per heavy atom. The standard InChI is InChI=1S/C15H25N5O3/c1-12-9-14(23-18-12)10-19-5-7-20(8-6-19)11-15(22)17-4-3-16-13(2)21/h9H,3-8,10-11H2,1-2H3,(H,16,21)(H,17,22). The Bertz CT molecular complexity index is 523. The zero-order valence-corrected chi connectivity index (χ0v) is 13.8. The second kappa shape index (κ2) is 8.64. The summed E-state index contributed by atoms with van der Waals surface area (Å²) in [7, 11) is 0. The number of nitrogens with zero attached hydrogens (tertiary/aromatic N) is 3. The van der Waals surface area contributed by atoms with Crippen molar-refractivity contribution in [3.05, 3.63) is 17.5 Å². The molecule has 1 fully saturated rings. The van der Waals surface area contributed by atoms with Crippen molar-refractivity contribution in [3.8, 4) is 0 Å². The number of nitrogens with one attached hydrogen (secondary N) is 2. The van der Waals surface area contributed by atoms with E-state index in [1.54, 1.807) is 0 Å². The van der Waals surface area contributed by atoms with Gasteiger partial charge in [0.15, 0.2) is 5.76 Å². The van der Waals surface area contributed by atoms with Crippen LogP contribution in [-0.4, -0.2) is 72.6 Å². The van der Waals surface area contributed by atoms with Crippen LogP contribution in [-0.2, 0) is 16.1 Å². The SMILES string of the molecule is CC(=O)NCCNC(=O)CN1CCN(Cc2cc(C)no2)CC1. The Morgan fingerprint density at radius 1 is 1.17 bits per heavy atom. The molecule has 2 N–H and O–H groups in total. The molecular formula is C15H25N5O3. The molecule has 1 aromatic rings. The average molecular weight is 323 g/mol. The van der Waals surface area contributed by atoms with E-state index >= 15 is 0 Å². The van der Waals surface area contributed by atoms with Gasteiger partial charge in [0.2, 0.25) is 11.8 Å².